The maximum Gasteiger partial charge on any atom is 0.0829 e. The minimum Gasteiger partial charge on any atom is -0.278 e. The van der Waals surface area contributed by atoms with Crippen LogP contribution in [0.3, 0.4) is 0 Å². The molecule has 1 aliphatic heterocycles. The van der Waals surface area contributed by atoms with Gasteiger partial charge in [0.2, 0.25) is 0 Å². The van der Waals surface area contributed by atoms with Crippen LogP contribution in [0.4, 0.5) is 0 Å². The van der Waals surface area contributed by atoms with E-state index in [0.717, 1.165) is 16.3 Å². The molecule has 0 N–H and O–H groups in total. The summed E-state index contributed by atoms with van der Waals surface area (Å²) in [5, 5.41) is 2.83. The number of benzene rings is 2. The molecule has 102 valence electrons. The zero-order valence-electron chi connectivity index (χ0n) is 11.2. The molecular weight excluding hydrogens is 298 g/mol. The van der Waals surface area contributed by atoms with Gasteiger partial charge in [0.1, 0.15) is 0 Å². The van der Waals surface area contributed by atoms with Crippen LogP contribution in [-0.4, -0.2) is 5.71 Å². The van der Waals surface area contributed by atoms with E-state index < -0.39 is 0 Å². The Morgan fingerprint density at radius 2 is 1.81 bits per heavy atom. The lowest BCUT2D eigenvalue weighted by molar-refractivity contribution is 1.08. The van der Waals surface area contributed by atoms with Crippen LogP contribution in [0.5, 0.6) is 0 Å². The zero-order valence-corrected chi connectivity index (χ0v) is 12.8. The Morgan fingerprint density at radius 1 is 0.905 bits per heavy atom. The Bertz CT molecular complexity index is 834. The smallest absolute Gasteiger partial charge is 0.0829 e. The van der Waals surface area contributed by atoms with Gasteiger partial charge in [-0.15, -0.1) is 11.3 Å². The number of nitrogens with zero attached hydrogens (tertiary/aromatic N) is 1. The molecule has 4 rings (SSSR count). The van der Waals surface area contributed by atoms with Gasteiger partial charge in [-0.25, -0.2) is 0 Å². The average Bonchev–Trinajstić information content (AvgIpc) is 2.97. The van der Waals surface area contributed by atoms with Gasteiger partial charge in [-0.3, -0.25) is 4.99 Å². The van der Waals surface area contributed by atoms with E-state index in [1.807, 2.05) is 12.1 Å². The van der Waals surface area contributed by atoms with Crippen LogP contribution in [0.1, 0.15) is 16.0 Å². The van der Waals surface area contributed by atoms with Crippen LogP contribution in [0.25, 0.3) is 11.1 Å². The third kappa shape index (κ3) is 2.21. The minimum atomic E-state index is 0.704. The first kappa shape index (κ1) is 12.8. The summed E-state index contributed by atoms with van der Waals surface area (Å²) in [4.78, 5) is 6.04. The normalized spacial score (nSPS) is 13.1. The summed E-state index contributed by atoms with van der Waals surface area (Å²) in [6, 6.07) is 18.7. The van der Waals surface area contributed by atoms with Gasteiger partial charge in [-0.2, -0.15) is 0 Å². The third-order valence-electron chi connectivity index (χ3n) is 3.71. The highest BCUT2D eigenvalue weighted by Crippen LogP contribution is 2.34. The topological polar surface area (TPSA) is 12.4 Å². The Labute approximate surface area is 132 Å². The maximum absolute atomic E-state index is 6.23. The number of hydrogen-bond acceptors (Lipinski definition) is 2. The Kier molecular flexibility index (Phi) is 3.13. The molecule has 0 unspecified atom stereocenters. The molecule has 0 aliphatic carbocycles. The summed E-state index contributed by atoms with van der Waals surface area (Å²) in [5.41, 5.74) is 5.88. The monoisotopic (exact) mass is 309 g/mol. The molecule has 0 amide bonds. The van der Waals surface area contributed by atoms with E-state index >= 15 is 0 Å². The second-order valence-corrected chi connectivity index (χ2v) is 6.37. The van der Waals surface area contributed by atoms with Gasteiger partial charge in [0, 0.05) is 10.6 Å². The summed E-state index contributed by atoms with van der Waals surface area (Å²) < 4.78 is 0. The highest BCUT2D eigenvalue weighted by molar-refractivity contribution is 7.12. The van der Waals surface area contributed by atoms with E-state index in [4.69, 9.17) is 16.6 Å². The fraction of sp³-hybridized carbons (Fsp3) is 0.0556. The lowest BCUT2D eigenvalue weighted by atomic mass is 9.94. The molecule has 0 bridgehead atoms. The van der Waals surface area contributed by atoms with Crippen molar-refractivity contribution >= 4 is 28.6 Å². The number of fused-ring (bicyclic) bond motifs is 3. The van der Waals surface area contributed by atoms with Crippen molar-refractivity contribution in [3.8, 4) is 11.1 Å². The summed E-state index contributed by atoms with van der Waals surface area (Å²) in [5.74, 6) is 0. The second-order valence-electron chi connectivity index (χ2n) is 4.99. The first-order chi connectivity index (χ1) is 10.3. The zero-order chi connectivity index (χ0) is 14.2. The fourth-order valence-corrected chi connectivity index (χ4v) is 3.66. The van der Waals surface area contributed by atoms with E-state index in [1.165, 1.54) is 21.6 Å². The summed E-state index contributed by atoms with van der Waals surface area (Å²) in [6.07, 6.45) is 0. The molecule has 3 heteroatoms. The highest BCUT2D eigenvalue weighted by atomic mass is 35.5. The molecule has 3 aromatic rings. The number of halogens is 1. The second kappa shape index (κ2) is 5.14. The van der Waals surface area contributed by atoms with E-state index in [-0.39, 0.29) is 0 Å². The van der Waals surface area contributed by atoms with Gasteiger partial charge < -0.3 is 0 Å². The van der Waals surface area contributed by atoms with Crippen LogP contribution in [0, 0.1) is 0 Å². The fourth-order valence-electron chi connectivity index (χ4n) is 2.74. The standard InChI is InChI=1S/C18H12ClNS/c19-13-7-8-15-14-5-2-1-4-12(14)11-20-18(16(15)10-13)17-6-3-9-21-17/h1-10H,11H2. The molecule has 1 aromatic heterocycles. The van der Waals surface area contributed by atoms with Gasteiger partial charge in [-0.05, 0) is 40.3 Å². The summed E-state index contributed by atoms with van der Waals surface area (Å²) >= 11 is 7.95. The molecule has 2 heterocycles. The number of thiophene rings is 1. The van der Waals surface area contributed by atoms with Crippen molar-refractivity contribution < 1.29 is 0 Å². The van der Waals surface area contributed by atoms with Crippen molar-refractivity contribution in [2.75, 3.05) is 0 Å². The molecule has 0 saturated carbocycles. The van der Waals surface area contributed by atoms with Gasteiger partial charge in [0.05, 0.1) is 17.1 Å². The predicted molar refractivity (Wildman–Crippen MR) is 90.6 cm³/mol. The summed E-state index contributed by atoms with van der Waals surface area (Å²) in [6.45, 7) is 0.704. The number of rotatable bonds is 1. The maximum atomic E-state index is 6.23. The van der Waals surface area contributed by atoms with Crippen molar-refractivity contribution in [2.24, 2.45) is 4.99 Å². The first-order valence-electron chi connectivity index (χ1n) is 6.79. The van der Waals surface area contributed by atoms with Crippen LogP contribution in [-0.2, 0) is 6.54 Å². The average molecular weight is 310 g/mol. The van der Waals surface area contributed by atoms with Crippen LogP contribution in [0.2, 0.25) is 5.02 Å². The molecule has 0 atom stereocenters. The highest BCUT2D eigenvalue weighted by Gasteiger charge is 2.19. The summed E-state index contributed by atoms with van der Waals surface area (Å²) in [7, 11) is 0. The number of hydrogen-bond donors (Lipinski definition) is 0. The molecule has 1 aliphatic rings. The van der Waals surface area contributed by atoms with Crippen LogP contribution >= 0.6 is 22.9 Å². The molecule has 2 aromatic carbocycles. The minimum absolute atomic E-state index is 0.704. The third-order valence-corrected chi connectivity index (χ3v) is 4.82. The molecule has 1 nitrogen and oxygen atoms in total. The molecule has 0 saturated heterocycles. The Hall–Kier alpha value is -1.90. The van der Waals surface area contributed by atoms with Crippen molar-refractivity contribution in [1.29, 1.82) is 0 Å². The largest absolute Gasteiger partial charge is 0.278 e. The van der Waals surface area contributed by atoms with Crippen molar-refractivity contribution in [3.05, 3.63) is 81.0 Å². The molecule has 0 fully saturated rings. The van der Waals surface area contributed by atoms with Gasteiger partial charge in [0.15, 0.2) is 0 Å². The van der Waals surface area contributed by atoms with Gasteiger partial charge in [-0.1, -0.05) is 48.0 Å². The van der Waals surface area contributed by atoms with Gasteiger partial charge in [0.25, 0.3) is 0 Å². The van der Waals surface area contributed by atoms with E-state index in [1.54, 1.807) is 11.3 Å². The lowest BCUT2D eigenvalue weighted by Crippen LogP contribution is -2.02. The SMILES string of the molecule is Clc1ccc2c(c1)C(c1cccs1)=NCc1ccccc1-2. The molecule has 0 radical (unpaired) electrons. The Balaban J connectivity index is 2.02. The van der Waals surface area contributed by atoms with Crippen molar-refractivity contribution in [1.82, 2.24) is 0 Å². The van der Waals surface area contributed by atoms with E-state index in [9.17, 15) is 0 Å². The van der Waals surface area contributed by atoms with Crippen molar-refractivity contribution in [2.45, 2.75) is 6.54 Å². The Morgan fingerprint density at radius 3 is 2.67 bits per heavy atom. The van der Waals surface area contributed by atoms with Crippen molar-refractivity contribution in [3.63, 3.8) is 0 Å². The van der Waals surface area contributed by atoms with E-state index in [0.29, 0.717) is 6.54 Å². The van der Waals surface area contributed by atoms with Gasteiger partial charge >= 0.3 is 0 Å². The van der Waals surface area contributed by atoms with Crippen LogP contribution in [0.15, 0.2) is 65.0 Å². The number of aliphatic imine (C=N–C) groups is 1. The predicted octanol–water partition coefficient (Wildman–Crippen LogP) is 5.42. The first-order valence-corrected chi connectivity index (χ1v) is 8.05. The molecular formula is C18H12ClNS. The quantitative estimate of drug-likeness (QED) is 0.569. The van der Waals surface area contributed by atoms with E-state index in [2.05, 4.69) is 47.8 Å². The van der Waals surface area contributed by atoms with Crippen LogP contribution < -0.4 is 0 Å². The lowest BCUT2D eigenvalue weighted by Gasteiger charge is -2.10. The molecule has 0 spiro atoms. The molecule has 21 heavy (non-hydrogen) atoms.